The zero-order valence-electron chi connectivity index (χ0n) is 29.8. The van der Waals surface area contributed by atoms with Crippen molar-refractivity contribution >= 4 is 11.9 Å². The predicted octanol–water partition coefficient (Wildman–Crippen LogP) is 11.6. The number of carbonyl (C=O) groups excluding carboxylic acids is 2. The quantitative estimate of drug-likeness (QED) is 0.0438. The summed E-state index contributed by atoms with van der Waals surface area (Å²) >= 11 is 0. The van der Waals surface area contributed by atoms with Gasteiger partial charge < -0.3 is 14.6 Å². The maximum atomic E-state index is 12.0. The van der Waals surface area contributed by atoms with E-state index in [1.165, 1.54) is 77.0 Å². The van der Waals surface area contributed by atoms with Gasteiger partial charge in [-0.2, -0.15) is 0 Å². The molecule has 0 aromatic rings. The number of ether oxygens (including phenoxy) is 2. The fraction of sp³-hybridized carbons (Fsp3) is 0.707. The smallest absolute Gasteiger partial charge is 0.305 e. The highest BCUT2D eigenvalue weighted by molar-refractivity contribution is 5.69. The van der Waals surface area contributed by atoms with Crippen molar-refractivity contribution in [1.29, 1.82) is 0 Å². The number of allylic oxidation sites excluding steroid dienone is 10. The third-order valence-corrected chi connectivity index (χ3v) is 7.74. The van der Waals surface area contributed by atoms with Crippen LogP contribution in [0.1, 0.15) is 168 Å². The van der Waals surface area contributed by atoms with Crippen molar-refractivity contribution in [1.82, 2.24) is 0 Å². The highest BCUT2D eigenvalue weighted by Gasteiger charge is 2.12. The lowest BCUT2D eigenvalue weighted by atomic mass is 10.1. The zero-order valence-corrected chi connectivity index (χ0v) is 29.8. The molecule has 0 fully saturated rings. The molecule has 0 aliphatic heterocycles. The van der Waals surface area contributed by atoms with Crippen molar-refractivity contribution in [3.63, 3.8) is 0 Å². The average molecular weight is 643 g/mol. The molecule has 0 saturated heterocycles. The molecule has 0 aromatic carbocycles. The van der Waals surface area contributed by atoms with Gasteiger partial charge in [0, 0.05) is 12.8 Å². The van der Waals surface area contributed by atoms with Crippen LogP contribution in [0.25, 0.3) is 0 Å². The number of hydrogen-bond donors (Lipinski definition) is 1. The van der Waals surface area contributed by atoms with Crippen molar-refractivity contribution in [3.05, 3.63) is 60.8 Å². The Morgan fingerprint density at radius 1 is 0.478 bits per heavy atom. The van der Waals surface area contributed by atoms with Crippen LogP contribution in [0.5, 0.6) is 0 Å². The van der Waals surface area contributed by atoms with Crippen molar-refractivity contribution in [2.75, 3.05) is 13.2 Å². The summed E-state index contributed by atoms with van der Waals surface area (Å²) in [5.41, 5.74) is 0. The molecule has 0 rings (SSSR count). The summed E-state index contributed by atoms with van der Waals surface area (Å²) < 4.78 is 10.3. The van der Waals surface area contributed by atoms with Crippen LogP contribution in [0.15, 0.2) is 60.8 Å². The molecule has 5 heteroatoms. The van der Waals surface area contributed by atoms with Gasteiger partial charge in [0.2, 0.25) is 0 Å². The fourth-order valence-electron chi connectivity index (χ4n) is 4.89. The van der Waals surface area contributed by atoms with E-state index in [1.54, 1.807) is 0 Å². The van der Waals surface area contributed by atoms with Gasteiger partial charge in [-0.3, -0.25) is 9.59 Å². The molecular weight excluding hydrogens is 572 g/mol. The van der Waals surface area contributed by atoms with E-state index < -0.39 is 6.10 Å². The third kappa shape index (κ3) is 36.1. The summed E-state index contributed by atoms with van der Waals surface area (Å²) in [7, 11) is 0. The molecule has 1 N–H and O–H groups in total. The SMILES string of the molecule is CC/C=C\C/C=C\C/C=C\C/C=C\CCCCC(=O)OC[C@H](O)COC(=O)CCCCCCCCC/C=C\CCCCCCCC. The first kappa shape index (κ1) is 43.6. The summed E-state index contributed by atoms with van der Waals surface area (Å²) in [6.45, 7) is 4.13. The molecule has 0 bridgehead atoms. The molecule has 46 heavy (non-hydrogen) atoms. The second-order valence-electron chi connectivity index (χ2n) is 12.3. The minimum absolute atomic E-state index is 0.134. The summed E-state index contributed by atoms with van der Waals surface area (Å²) in [6, 6.07) is 0. The van der Waals surface area contributed by atoms with Gasteiger partial charge in [-0.15, -0.1) is 0 Å². The van der Waals surface area contributed by atoms with Crippen LogP contribution in [0, 0.1) is 0 Å². The molecule has 5 nitrogen and oxygen atoms in total. The molecule has 0 amide bonds. The van der Waals surface area contributed by atoms with Gasteiger partial charge in [0.25, 0.3) is 0 Å². The largest absolute Gasteiger partial charge is 0.463 e. The Kier molecular flexibility index (Phi) is 35.1. The maximum Gasteiger partial charge on any atom is 0.305 e. The monoisotopic (exact) mass is 643 g/mol. The van der Waals surface area contributed by atoms with Gasteiger partial charge in [-0.25, -0.2) is 0 Å². The van der Waals surface area contributed by atoms with E-state index in [0.717, 1.165) is 64.2 Å². The van der Waals surface area contributed by atoms with Gasteiger partial charge in [0.15, 0.2) is 0 Å². The van der Waals surface area contributed by atoms with Gasteiger partial charge >= 0.3 is 11.9 Å². The Bertz CT molecular complexity index is 823. The summed E-state index contributed by atoms with van der Waals surface area (Å²) in [5, 5.41) is 9.99. The standard InChI is InChI=1S/C41H70O5/c1-3-5-7-9-11-13-15-17-19-20-22-24-26-28-30-32-34-36-41(44)46-38-39(42)37-45-40(43)35-33-31-29-27-25-23-21-18-16-14-12-10-8-6-4-2/h6,8,12,14,17-19,21,25,27,39,42H,3-5,7,9-11,13,15-16,20,22-24,26,28-38H2,1-2H3/b8-6-,14-12-,19-17-,21-18-,27-25-/t39-/m0/s1. The van der Waals surface area contributed by atoms with Crippen molar-refractivity contribution in [2.24, 2.45) is 0 Å². The molecule has 1 atom stereocenters. The van der Waals surface area contributed by atoms with Crippen LogP contribution in [0.2, 0.25) is 0 Å². The van der Waals surface area contributed by atoms with Crippen LogP contribution < -0.4 is 0 Å². The summed E-state index contributed by atoms with van der Waals surface area (Å²) in [4.78, 5) is 23.9. The lowest BCUT2D eigenvalue weighted by Crippen LogP contribution is -2.25. The normalized spacial score (nSPS) is 12.8. The molecule has 0 aliphatic rings. The maximum absolute atomic E-state index is 12.0. The van der Waals surface area contributed by atoms with Gasteiger partial charge in [-0.05, 0) is 77.0 Å². The molecule has 0 aromatic heterocycles. The number of carbonyl (C=O) groups is 2. The van der Waals surface area contributed by atoms with Crippen LogP contribution >= 0.6 is 0 Å². The summed E-state index contributed by atoms with van der Waals surface area (Å²) in [5.74, 6) is -0.621. The van der Waals surface area contributed by atoms with Crippen LogP contribution in [0.4, 0.5) is 0 Å². The van der Waals surface area contributed by atoms with E-state index in [9.17, 15) is 14.7 Å². The molecule has 264 valence electrons. The molecule has 0 radical (unpaired) electrons. The highest BCUT2D eigenvalue weighted by atomic mass is 16.6. The molecular formula is C41H70O5. The first-order valence-electron chi connectivity index (χ1n) is 18.8. The minimum Gasteiger partial charge on any atom is -0.463 e. The second-order valence-corrected chi connectivity index (χ2v) is 12.3. The molecule has 0 spiro atoms. The Labute approximate surface area is 283 Å². The third-order valence-electron chi connectivity index (χ3n) is 7.74. The van der Waals surface area contributed by atoms with E-state index in [1.807, 2.05) is 0 Å². The Morgan fingerprint density at radius 3 is 1.30 bits per heavy atom. The number of rotatable bonds is 33. The van der Waals surface area contributed by atoms with Crippen LogP contribution in [0.3, 0.4) is 0 Å². The fourth-order valence-corrected chi connectivity index (χ4v) is 4.89. The summed E-state index contributed by atoms with van der Waals surface area (Å²) in [6.07, 6.45) is 47.0. The van der Waals surface area contributed by atoms with E-state index in [0.29, 0.717) is 12.8 Å². The number of aliphatic hydroxyl groups is 1. The van der Waals surface area contributed by atoms with Crippen molar-refractivity contribution < 1.29 is 24.2 Å². The van der Waals surface area contributed by atoms with E-state index in [-0.39, 0.29) is 25.2 Å². The predicted molar refractivity (Wildman–Crippen MR) is 196 cm³/mol. The number of esters is 2. The molecule has 0 saturated carbocycles. The minimum atomic E-state index is -0.984. The van der Waals surface area contributed by atoms with Gasteiger partial charge in [-0.1, -0.05) is 139 Å². The number of unbranched alkanes of at least 4 members (excludes halogenated alkanes) is 15. The van der Waals surface area contributed by atoms with E-state index >= 15 is 0 Å². The molecule has 0 unspecified atom stereocenters. The van der Waals surface area contributed by atoms with Crippen molar-refractivity contribution in [3.8, 4) is 0 Å². The van der Waals surface area contributed by atoms with Gasteiger partial charge in [0.1, 0.15) is 19.3 Å². The highest BCUT2D eigenvalue weighted by Crippen LogP contribution is 2.12. The lowest BCUT2D eigenvalue weighted by molar-refractivity contribution is -0.152. The Hall–Kier alpha value is -2.40. The lowest BCUT2D eigenvalue weighted by Gasteiger charge is -2.12. The Morgan fingerprint density at radius 2 is 0.826 bits per heavy atom. The number of aliphatic hydroxyl groups excluding tert-OH is 1. The first-order valence-corrected chi connectivity index (χ1v) is 18.8. The topological polar surface area (TPSA) is 72.8 Å². The Balaban J connectivity index is 3.52. The van der Waals surface area contributed by atoms with Crippen LogP contribution in [-0.2, 0) is 19.1 Å². The van der Waals surface area contributed by atoms with Crippen molar-refractivity contribution in [2.45, 2.75) is 174 Å². The zero-order chi connectivity index (χ0) is 33.6. The second kappa shape index (κ2) is 37.1. The van der Waals surface area contributed by atoms with E-state index in [2.05, 4.69) is 74.6 Å². The average Bonchev–Trinajstić information content (AvgIpc) is 3.06. The van der Waals surface area contributed by atoms with Crippen LogP contribution in [-0.4, -0.2) is 36.4 Å². The van der Waals surface area contributed by atoms with E-state index in [4.69, 9.17) is 9.47 Å². The van der Waals surface area contributed by atoms with Gasteiger partial charge in [0.05, 0.1) is 0 Å². The number of hydrogen-bond acceptors (Lipinski definition) is 5. The molecule has 0 aliphatic carbocycles. The first-order chi connectivity index (χ1) is 22.6. The molecule has 0 heterocycles.